The van der Waals surface area contributed by atoms with Gasteiger partial charge in [0, 0.05) is 20.7 Å². The van der Waals surface area contributed by atoms with E-state index in [1.54, 1.807) is 48.5 Å². The van der Waals surface area contributed by atoms with E-state index < -0.39 is 9.84 Å². The van der Waals surface area contributed by atoms with Crippen LogP contribution in [-0.4, -0.2) is 20.2 Å². The number of aromatic nitrogens is 1. The van der Waals surface area contributed by atoms with Crippen molar-refractivity contribution in [3.8, 4) is 11.5 Å². The first-order chi connectivity index (χ1) is 17.6. The Morgan fingerprint density at radius 2 is 1.50 bits per heavy atom. The topological polar surface area (TPSA) is 68.4 Å². The van der Waals surface area contributed by atoms with Crippen molar-refractivity contribution in [3.63, 3.8) is 0 Å². The summed E-state index contributed by atoms with van der Waals surface area (Å²) in [7, 11) is -3.88. The minimum absolute atomic E-state index is 0.150. The van der Waals surface area contributed by atoms with Crippen LogP contribution in [0.4, 0.5) is 0 Å². The fourth-order valence-corrected chi connectivity index (χ4v) is 6.79. The second-order valence-corrected chi connectivity index (χ2v) is 11.2. The van der Waals surface area contributed by atoms with E-state index in [4.69, 9.17) is 9.47 Å². The van der Waals surface area contributed by atoms with E-state index in [1.807, 2.05) is 60.7 Å². The Morgan fingerprint density at radius 1 is 0.806 bits per heavy atom. The van der Waals surface area contributed by atoms with E-state index in [2.05, 4.69) is 4.98 Å². The standard InChI is InChI=1S/C29H21NO4S2/c31-36(32,22-11-5-2-6-12-22)27(18-20-15-16-25-26(17-20)34-19-33-25)28-29(35-21-9-3-1-4-10-21)23-13-7-8-14-24(23)30-28/h1-18,30H,19H2/b27-18+. The van der Waals surface area contributed by atoms with Crippen LogP contribution in [-0.2, 0) is 9.84 Å². The van der Waals surface area contributed by atoms with Gasteiger partial charge in [0.2, 0.25) is 16.6 Å². The van der Waals surface area contributed by atoms with Crippen LogP contribution in [0.2, 0.25) is 0 Å². The molecule has 0 unspecified atom stereocenters. The molecule has 0 amide bonds. The lowest BCUT2D eigenvalue weighted by molar-refractivity contribution is 0.174. The van der Waals surface area contributed by atoms with Crippen molar-refractivity contribution in [2.24, 2.45) is 0 Å². The summed E-state index contributed by atoms with van der Waals surface area (Å²) in [5.74, 6) is 1.24. The maximum atomic E-state index is 14.1. The van der Waals surface area contributed by atoms with E-state index in [0.717, 1.165) is 20.7 Å². The quantitative estimate of drug-likeness (QED) is 0.265. The third kappa shape index (κ3) is 4.17. The number of hydrogen-bond donors (Lipinski definition) is 1. The van der Waals surface area contributed by atoms with Gasteiger partial charge in [-0.05, 0) is 54.1 Å². The van der Waals surface area contributed by atoms with Crippen LogP contribution in [0.3, 0.4) is 0 Å². The predicted molar refractivity (Wildman–Crippen MR) is 143 cm³/mol. The van der Waals surface area contributed by atoms with Gasteiger partial charge in [-0.2, -0.15) is 0 Å². The van der Waals surface area contributed by atoms with E-state index >= 15 is 0 Å². The van der Waals surface area contributed by atoms with Gasteiger partial charge in [-0.3, -0.25) is 0 Å². The van der Waals surface area contributed by atoms with Crippen LogP contribution < -0.4 is 9.47 Å². The highest BCUT2D eigenvalue weighted by Gasteiger charge is 2.28. The number of aromatic amines is 1. The monoisotopic (exact) mass is 511 g/mol. The van der Waals surface area contributed by atoms with Crippen LogP contribution in [0.5, 0.6) is 11.5 Å². The molecule has 0 saturated carbocycles. The molecule has 6 rings (SSSR count). The Labute approximate surface area is 213 Å². The second-order valence-electron chi connectivity index (χ2n) is 8.23. The minimum Gasteiger partial charge on any atom is -0.454 e. The molecule has 0 atom stereocenters. The Hall–Kier alpha value is -3.94. The SMILES string of the molecule is O=S(=O)(/C(=C/c1ccc2c(c1)OCO2)c1[nH]c2ccccc2c1Sc1ccccc1)c1ccccc1. The zero-order chi connectivity index (χ0) is 24.5. The Bertz CT molecular complexity index is 1690. The number of para-hydroxylation sites is 1. The molecule has 2 heterocycles. The van der Waals surface area contributed by atoms with Gasteiger partial charge in [0.05, 0.1) is 15.5 Å². The molecule has 178 valence electrons. The largest absolute Gasteiger partial charge is 0.454 e. The Kier molecular flexibility index (Phi) is 5.79. The molecule has 1 aliphatic rings. The van der Waals surface area contributed by atoms with Crippen molar-refractivity contribution in [1.82, 2.24) is 4.98 Å². The Morgan fingerprint density at radius 3 is 2.31 bits per heavy atom. The Balaban J connectivity index is 1.60. The highest BCUT2D eigenvalue weighted by molar-refractivity contribution is 8.01. The molecule has 0 radical (unpaired) electrons. The number of ether oxygens (including phenoxy) is 2. The maximum Gasteiger partial charge on any atom is 0.231 e. The fourth-order valence-electron chi connectivity index (χ4n) is 4.17. The molecule has 0 bridgehead atoms. The van der Waals surface area contributed by atoms with Crippen LogP contribution in [0, 0.1) is 0 Å². The van der Waals surface area contributed by atoms with E-state index in [-0.39, 0.29) is 16.6 Å². The normalized spacial score (nSPS) is 13.3. The molecule has 4 aromatic carbocycles. The molecular formula is C29H21NO4S2. The summed E-state index contributed by atoms with van der Waals surface area (Å²) in [4.78, 5) is 5.69. The molecule has 5 nitrogen and oxygen atoms in total. The summed E-state index contributed by atoms with van der Waals surface area (Å²) in [5.41, 5.74) is 2.11. The lowest BCUT2D eigenvalue weighted by atomic mass is 10.1. The molecule has 1 aliphatic heterocycles. The van der Waals surface area contributed by atoms with Crippen molar-refractivity contribution in [2.75, 3.05) is 6.79 Å². The number of nitrogens with one attached hydrogen (secondary N) is 1. The van der Waals surface area contributed by atoms with Crippen LogP contribution in [0.15, 0.2) is 118 Å². The first kappa shape index (κ1) is 22.5. The van der Waals surface area contributed by atoms with Gasteiger partial charge in [0.15, 0.2) is 11.5 Å². The van der Waals surface area contributed by atoms with Gasteiger partial charge in [-0.15, -0.1) is 0 Å². The van der Waals surface area contributed by atoms with Crippen molar-refractivity contribution in [3.05, 3.63) is 114 Å². The highest BCUT2D eigenvalue weighted by atomic mass is 32.2. The average molecular weight is 512 g/mol. The molecule has 36 heavy (non-hydrogen) atoms. The number of rotatable bonds is 6. The summed E-state index contributed by atoms with van der Waals surface area (Å²) in [6.07, 6.45) is 1.70. The lowest BCUT2D eigenvalue weighted by Gasteiger charge is -2.12. The third-order valence-electron chi connectivity index (χ3n) is 5.91. The van der Waals surface area contributed by atoms with E-state index in [9.17, 15) is 8.42 Å². The minimum atomic E-state index is -3.88. The molecule has 0 aliphatic carbocycles. The van der Waals surface area contributed by atoms with Crippen LogP contribution in [0.1, 0.15) is 11.3 Å². The number of H-pyrrole nitrogens is 1. The van der Waals surface area contributed by atoms with Crippen molar-refractivity contribution in [2.45, 2.75) is 14.7 Å². The number of benzene rings is 4. The molecule has 7 heteroatoms. The van der Waals surface area contributed by atoms with Gasteiger partial charge < -0.3 is 14.5 Å². The van der Waals surface area contributed by atoms with E-state index in [1.165, 1.54) is 11.8 Å². The zero-order valence-corrected chi connectivity index (χ0v) is 20.7. The van der Waals surface area contributed by atoms with Crippen molar-refractivity contribution < 1.29 is 17.9 Å². The summed E-state index contributed by atoms with van der Waals surface area (Å²) in [6, 6.07) is 31.8. The van der Waals surface area contributed by atoms with Gasteiger partial charge >= 0.3 is 0 Å². The van der Waals surface area contributed by atoms with Crippen molar-refractivity contribution in [1.29, 1.82) is 0 Å². The van der Waals surface area contributed by atoms with Gasteiger partial charge in [-0.25, -0.2) is 8.42 Å². The molecule has 0 spiro atoms. The number of hydrogen-bond acceptors (Lipinski definition) is 5. The number of sulfone groups is 1. The van der Waals surface area contributed by atoms with Crippen LogP contribution in [0.25, 0.3) is 21.9 Å². The summed E-state index contributed by atoms with van der Waals surface area (Å²) >= 11 is 1.54. The van der Waals surface area contributed by atoms with Gasteiger partial charge in [-0.1, -0.05) is 72.4 Å². The smallest absolute Gasteiger partial charge is 0.231 e. The number of fused-ring (bicyclic) bond motifs is 2. The van der Waals surface area contributed by atoms with Crippen LogP contribution >= 0.6 is 11.8 Å². The molecule has 1 aromatic heterocycles. The molecular weight excluding hydrogens is 490 g/mol. The van der Waals surface area contributed by atoms with Crippen molar-refractivity contribution >= 4 is 43.5 Å². The molecule has 0 fully saturated rings. The maximum absolute atomic E-state index is 14.1. The second kappa shape index (κ2) is 9.26. The summed E-state index contributed by atoms with van der Waals surface area (Å²) in [5, 5.41) is 0.959. The third-order valence-corrected chi connectivity index (χ3v) is 8.84. The lowest BCUT2D eigenvalue weighted by Crippen LogP contribution is -2.05. The van der Waals surface area contributed by atoms with Gasteiger partial charge in [0.1, 0.15) is 0 Å². The predicted octanol–water partition coefficient (Wildman–Crippen LogP) is 7.02. The highest BCUT2D eigenvalue weighted by Crippen LogP contribution is 2.43. The molecule has 0 saturated heterocycles. The summed E-state index contributed by atoms with van der Waals surface area (Å²) in [6.45, 7) is 0.150. The fraction of sp³-hybridized carbons (Fsp3) is 0.0345. The zero-order valence-electron chi connectivity index (χ0n) is 19.0. The summed E-state index contributed by atoms with van der Waals surface area (Å²) < 4.78 is 39.2. The molecule has 5 aromatic rings. The first-order valence-electron chi connectivity index (χ1n) is 11.3. The average Bonchev–Trinajstić information content (AvgIpc) is 3.53. The van der Waals surface area contributed by atoms with Gasteiger partial charge in [0.25, 0.3) is 0 Å². The molecule has 1 N–H and O–H groups in total. The van der Waals surface area contributed by atoms with E-state index in [0.29, 0.717) is 22.8 Å². The first-order valence-corrected chi connectivity index (χ1v) is 13.6.